The largest absolute Gasteiger partial charge is 0.455 e. The Morgan fingerprint density at radius 3 is 2.24 bits per heavy atom. The number of esters is 1. The van der Waals surface area contributed by atoms with Crippen molar-refractivity contribution in [2.75, 3.05) is 18.5 Å². The van der Waals surface area contributed by atoms with Gasteiger partial charge in [-0.25, -0.2) is 4.39 Å². The Morgan fingerprint density at radius 2 is 1.59 bits per heavy atom. The molecule has 0 heterocycles. The maximum absolute atomic E-state index is 12.9. The molecule has 152 valence electrons. The number of anilines is 1. The van der Waals surface area contributed by atoms with Crippen molar-refractivity contribution in [1.29, 1.82) is 0 Å². The summed E-state index contributed by atoms with van der Waals surface area (Å²) in [6.45, 7) is -0.727. The predicted molar refractivity (Wildman–Crippen MR) is 106 cm³/mol. The molecule has 7 heteroatoms. The molecule has 0 unspecified atom stereocenters. The second-order valence-corrected chi connectivity index (χ2v) is 7.06. The third kappa shape index (κ3) is 5.19. The second-order valence-electron chi connectivity index (χ2n) is 7.06. The van der Waals surface area contributed by atoms with Crippen molar-refractivity contribution >= 4 is 23.5 Å². The fourth-order valence-corrected chi connectivity index (χ4v) is 3.58. The quantitative estimate of drug-likeness (QED) is 0.703. The minimum absolute atomic E-state index is 0.280. The molecule has 0 spiro atoms. The normalized spacial score (nSPS) is 14.8. The van der Waals surface area contributed by atoms with Crippen LogP contribution in [0.2, 0.25) is 0 Å². The van der Waals surface area contributed by atoms with Gasteiger partial charge in [-0.1, -0.05) is 43.2 Å². The van der Waals surface area contributed by atoms with Gasteiger partial charge in [0.05, 0.1) is 12.0 Å². The Balaban J connectivity index is 1.47. The van der Waals surface area contributed by atoms with Crippen LogP contribution in [0.1, 0.15) is 31.2 Å². The van der Waals surface area contributed by atoms with E-state index in [4.69, 9.17) is 4.74 Å². The van der Waals surface area contributed by atoms with Crippen LogP contribution in [0, 0.1) is 5.82 Å². The van der Waals surface area contributed by atoms with Gasteiger partial charge in [-0.15, -0.1) is 0 Å². The lowest BCUT2D eigenvalue weighted by molar-refractivity contribution is -0.154. The number of hydrogen-bond acceptors (Lipinski definition) is 4. The van der Waals surface area contributed by atoms with Crippen molar-refractivity contribution < 1.29 is 23.5 Å². The molecule has 1 aliphatic rings. The van der Waals surface area contributed by atoms with Gasteiger partial charge in [0.25, 0.3) is 5.91 Å². The van der Waals surface area contributed by atoms with E-state index in [-0.39, 0.29) is 6.54 Å². The minimum Gasteiger partial charge on any atom is -0.455 e. The molecule has 0 aromatic heterocycles. The number of nitrogens with one attached hydrogen (secondary N) is 2. The van der Waals surface area contributed by atoms with Gasteiger partial charge in [0.2, 0.25) is 5.91 Å². The highest BCUT2D eigenvalue weighted by molar-refractivity contribution is 5.95. The summed E-state index contributed by atoms with van der Waals surface area (Å²) >= 11 is 0. The molecule has 3 rings (SSSR count). The molecule has 29 heavy (non-hydrogen) atoms. The molecule has 0 atom stereocenters. The summed E-state index contributed by atoms with van der Waals surface area (Å²) in [6, 6.07) is 14.8. The van der Waals surface area contributed by atoms with Gasteiger partial charge in [0.1, 0.15) is 5.82 Å². The van der Waals surface area contributed by atoms with Gasteiger partial charge in [-0.05, 0) is 42.7 Å². The molecule has 0 saturated heterocycles. The molecule has 2 amide bonds. The van der Waals surface area contributed by atoms with Gasteiger partial charge >= 0.3 is 5.97 Å². The number of halogens is 1. The molecule has 1 saturated carbocycles. The Morgan fingerprint density at radius 1 is 0.931 bits per heavy atom. The lowest BCUT2D eigenvalue weighted by Crippen LogP contribution is -2.39. The fourth-order valence-electron chi connectivity index (χ4n) is 3.58. The van der Waals surface area contributed by atoms with Gasteiger partial charge in [-0.3, -0.25) is 14.4 Å². The average molecular weight is 398 g/mol. The molecular formula is C22H23FN2O4. The Hall–Kier alpha value is -3.22. The summed E-state index contributed by atoms with van der Waals surface area (Å²) in [4.78, 5) is 36.6. The first-order valence-electron chi connectivity index (χ1n) is 9.54. The van der Waals surface area contributed by atoms with E-state index < -0.39 is 35.6 Å². The Bertz CT molecular complexity index is 862. The predicted octanol–water partition coefficient (Wildman–Crippen LogP) is 2.94. The average Bonchev–Trinajstić information content (AvgIpc) is 3.24. The van der Waals surface area contributed by atoms with Crippen LogP contribution in [0.4, 0.5) is 10.1 Å². The molecular weight excluding hydrogens is 375 g/mol. The van der Waals surface area contributed by atoms with E-state index in [2.05, 4.69) is 10.6 Å². The summed E-state index contributed by atoms with van der Waals surface area (Å²) in [7, 11) is 0. The molecule has 0 bridgehead atoms. The number of carbonyl (C=O) groups is 3. The standard InChI is InChI=1S/C22H23FN2O4/c23-17-8-10-18(11-9-17)25-19(26)14-24-20(27)15-29-21(28)22(12-4-5-13-22)16-6-2-1-3-7-16/h1-3,6-11H,4-5,12-15H2,(H,24,27)(H,25,26). The van der Waals surface area contributed by atoms with E-state index in [0.717, 1.165) is 18.4 Å². The summed E-state index contributed by atoms with van der Waals surface area (Å²) in [5, 5.41) is 4.94. The van der Waals surface area contributed by atoms with Gasteiger partial charge in [0.15, 0.2) is 6.61 Å². The highest BCUT2D eigenvalue weighted by atomic mass is 19.1. The zero-order valence-corrected chi connectivity index (χ0v) is 15.9. The number of hydrogen-bond donors (Lipinski definition) is 2. The monoisotopic (exact) mass is 398 g/mol. The van der Waals surface area contributed by atoms with Gasteiger partial charge in [0, 0.05) is 5.69 Å². The first-order chi connectivity index (χ1) is 14.0. The van der Waals surface area contributed by atoms with Gasteiger partial charge in [-0.2, -0.15) is 0 Å². The van der Waals surface area contributed by atoms with E-state index in [1.54, 1.807) is 0 Å². The molecule has 2 aromatic carbocycles. The van der Waals surface area contributed by atoms with E-state index in [9.17, 15) is 18.8 Å². The fraction of sp³-hybridized carbons (Fsp3) is 0.318. The van der Waals surface area contributed by atoms with E-state index >= 15 is 0 Å². The first kappa shape index (κ1) is 20.5. The molecule has 0 radical (unpaired) electrons. The molecule has 0 aliphatic heterocycles. The second kappa shape index (κ2) is 9.32. The molecule has 2 N–H and O–H groups in total. The summed E-state index contributed by atoms with van der Waals surface area (Å²) in [5.74, 6) is -1.84. The van der Waals surface area contributed by atoms with Crippen molar-refractivity contribution in [3.05, 3.63) is 66.0 Å². The van der Waals surface area contributed by atoms with Crippen molar-refractivity contribution in [1.82, 2.24) is 5.32 Å². The zero-order chi connectivity index (χ0) is 20.7. The molecule has 1 aliphatic carbocycles. The van der Waals surface area contributed by atoms with E-state index in [1.165, 1.54) is 24.3 Å². The van der Waals surface area contributed by atoms with Crippen molar-refractivity contribution in [3.63, 3.8) is 0 Å². The van der Waals surface area contributed by atoms with E-state index in [0.29, 0.717) is 18.5 Å². The number of ether oxygens (including phenoxy) is 1. The third-order valence-corrected chi connectivity index (χ3v) is 5.08. The van der Waals surface area contributed by atoms with Crippen molar-refractivity contribution in [2.45, 2.75) is 31.1 Å². The Labute approximate surface area is 168 Å². The highest BCUT2D eigenvalue weighted by Crippen LogP contribution is 2.42. The zero-order valence-electron chi connectivity index (χ0n) is 15.9. The summed E-state index contributed by atoms with van der Waals surface area (Å²) in [5.41, 5.74) is 0.617. The number of rotatable bonds is 7. The van der Waals surface area contributed by atoms with Crippen LogP contribution < -0.4 is 10.6 Å². The van der Waals surface area contributed by atoms with Crippen LogP contribution in [-0.4, -0.2) is 30.9 Å². The lowest BCUT2D eigenvalue weighted by atomic mass is 9.79. The van der Waals surface area contributed by atoms with Crippen molar-refractivity contribution in [2.24, 2.45) is 0 Å². The minimum atomic E-state index is -0.707. The number of carbonyl (C=O) groups excluding carboxylic acids is 3. The van der Waals surface area contributed by atoms with Crippen LogP contribution in [0.5, 0.6) is 0 Å². The summed E-state index contributed by atoms with van der Waals surface area (Å²) < 4.78 is 18.1. The van der Waals surface area contributed by atoms with Crippen LogP contribution >= 0.6 is 0 Å². The topological polar surface area (TPSA) is 84.5 Å². The van der Waals surface area contributed by atoms with Gasteiger partial charge < -0.3 is 15.4 Å². The number of amides is 2. The first-order valence-corrected chi connectivity index (χ1v) is 9.54. The SMILES string of the molecule is O=C(COC(=O)C1(c2ccccc2)CCCC1)NCC(=O)Nc1ccc(F)cc1. The van der Waals surface area contributed by atoms with Crippen molar-refractivity contribution in [3.8, 4) is 0 Å². The highest BCUT2D eigenvalue weighted by Gasteiger charge is 2.44. The molecule has 2 aromatic rings. The maximum Gasteiger partial charge on any atom is 0.317 e. The smallest absolute Gasteiger partial charge is 0.317 e. The number of benzene rings is 2. The van der Waals surface area contributed by atoms with Crippen LogP contribution in [0.15, 0.2) is 54.6 Å². The molecule has 1 fully saturated rings. The maximum atomic E-state index is 12.9. The van der Waals surface area contributed by atoms with Crippen LogP contribution in [0.3, 0.4) is 0 Å². The Kier molecular flexibility index (Phi) is 6.59. The van der Waals surface area contributed by atoms with Crippen LogP contribution in [-0.2, 0) is 24.5 Å². The lowest BCUT2D eigenvalue weighted by Gasteiger charge is -2.27. The van der Waals surface area contributed by atoms with Crippen LogP contribution in [0.25, 0.3) is 0 Å². The van der Waals surface area contributed by atoms with E-state index in [1.807, 2.05) is 30.3 Å². The summed E-state index contributed by atoms with van der Waals surface area (Å²) in [6.07, 6.45) is 3.24. The third-order valence-electron chi connectivity index (χ3n) is 5.08. The molecule has 6 nitrogen and oxygen atoms in total.